The van der Waals surface area contributed by atoms with Crippen LogP contribution in [0.4, 0.5) is 17.1 Å². The summed E-state index contributed by atoms with van der Waals surface area (Å²) in [6, 6.07) is 11.6. The maximum Gasteiger partial charge on any atom is 0.338 e. The van der Waals surface area contributed by atoms with Crippen molar-refractivity contribution in [2.24, 2.45) is 0 Å². The Morgan fingerprint density at radius 2 is 2.03 bits per heavy atom. The summed E-state index contributed by atoms with van der Waals surface area (Å²) in [5.74, 6) is -1.12. The standard InChI is InChI=1S/C21H23N3O6/c1-29-12-10-22-17-9-8-16(13-19(17)24(27)28)21(26)30-14-20(25)23-11-4-6-15-5-2-3-7-18(15)23/h2-3,5,7-9,13,22H,4,6,10-12,14H2,1H3. The van der Waals surface area contributed by atoms with Crippen LogP contribution in [0.25, 0.3) is 0 Å². The van der Waals surface area contributed by atoms with Crippen LogP contribution in [0.1, 0.15) is 22.3 Å². The van der Waals surface area contributed by atoms with Gasteiger partial charge in [-0.1, -0.05) is 18.2 Å². The molecule has 9 nitrogen and oxygen atoms in total. The number of esters is 1. The van der Waals surface area contributed by atoms with Crippen molar-refractivity contribution in [3.05, 3.63) is 63.7 Å². The molecule has 1 heterocycles. The van der Waals surface area contributed by atoms with Crippen LogP contribution in [0.15, 0.2) is 42.5 Å². The lowest BCUT2D eigenvalue weighted by Gasteiger charge is -2.29. The topological polar surface area (TPSA) is 111 Å². The monoisotopic (exact) mass is 413 g/mol. The highest BCUT2D eigenvalue weighted by Crippen LogP contribution is 2.27. The second-order valence-corrected chi connectivity index (χ2v) is 6.76. The molecular formula is C21H23N3O6. The number of aryl methyl sites for hydroxylation is 1. The number of nitro benzene ring substituents is 1. The molecule has 158 valence electrons. The number of nitrogens with zero attached hydrogens (tertiary/aromatic N) is 2. The van der Waals surface area contributed by atoms with E-state index in [1.165, 1.54) is 19.2 Å². The van der Waals surface area contributed by atoms with Gasteiger partial charge in [-0.15, -0.1) is 0 Å². The fourth-order valence-corrected chi connectivity index (χ4v) is 3.33. The molecule has 0 unspecified atom stereocenters. The van der Waals surface area contributed by atoms with Gasteiger partial charge < -0.3 is 19.7 Å². The Morgan fingerprint density at radius 1 is 1.23 bits per heavy atom. The minimum absolute atomic E-state index is 0.00540. The first-order valence-electron chi connectivity index (χ1n) is 9.58. The summed E-state index contributed by atoms with van der Waals surface area (Å²) in [7, 11) is 1.53. The summed E-state index contributed by atoms with van der Waals surface area (Å²) in [6.07, 6.45) is 1.73. The van der Waals surface area contributed by atoms with Crippen molar-refractivity contribution in [3.63, 3.8) is 0 Å². The molecule has 1 aliphatic rings. The number of benzene rings is 2. The van der Waals surface area contributed by atoms with Gasteiger partial charge in [0, 0.05) is 32.0 Å². The summed E-state index contributed by atoms with van der Waals surface area (Å²) >= 11 is 0. The minimum Gasteiger partial charge on any atom is -0.452 e. The van der Waals surface area contributed by atoms with Crippen LogP contribution < -0.4 is 10.2 Å². The lowest BCUT2D eigenvalue weighted by atomic mass is 10.0. The average Bonchev–Trinajstić information content (AvgIpc) is 2.77. The molecule has 0 radical (unpaired) electrons. The molecule has 0 saturated carbocycles. The molecule has 0 bridgehead atoms. The Bertz CT molecular complexity index is 946. The normalized spacial score (nSPS) is 12.8. The number of anilines is 2. The number of rotatable bonds is 8. The van der Waals surface area contributed by atoms with Gasteiger partial charge in [0.1, 0.15) is 5.69 Å². The van der Waals surface area contributed by atoms with Crippen molar-refractivity contribution in [3.8, 4) is 0 Å². The summed E-state index contributed by atoms with van der Waals surface area (Å²) in [6.45, 7) is 0.880. The molecule has 2 aromatic rings. The molecule has 9 heteroatoms. The average molecular weight is 413 g/mol. The highest BCUT2D eigenvalue weighted by atomic mass is 16.6. The summed E-state index contributed by atoms with van der Waals surface area (Å²) in [5.41, 5.74) is 1.93. The highest BCUT2D eigenvalue weighted by molar-refractivity contribution is 5.98. The number of carbonyl (C=O) groups is 2. The molecule has 30 heavy (non-hydrogen) atoms. The van der Waals surface area contributed by atoms with E-state index in [1.807, 2.05) is 24.3 Å². The fourth-order valence-electron chi connectivity index (χ4n) is 3.33. The Labute approximate surface area is 173 Å². The Balaban J connectivity index is 1.65. The summed E-state index contributed by atoms with van der Waals surface area (Å²) in [4.78, 5) is 37.3. The van der Waals surface area contributed by atoms with Crippen LogP contribution in [0, 0.1) is 10.1 Å². The van der Waals surface area contributed by atoms with Gasteiger partial charge in [-0.2, -0.15) is 0 Å². The number of hydrogen-bond acceptors (Lipinski definition) is 7. The number of amides is 1. The molecule has 3 rings (SSSR count). The fraction of sp³-hybridized carbons (Fsp3) is 0.333. The van der Waals surface area contributed by atoms with Gasteiger partial charge in [0.15, 0.2) is 6.61 Å². The third-order valence-corrected chi connectivity index (χ3v) is 4.79. The number of carbonyl (C=O) groups excluding carboxylic acids is 2. The van der Waals surface area contributed by atoms with Crippen molar-refractivity contribution in [1.29, 1.82) is 0 Å². The van der Waals surface area contributed by atoms with E-state index in [1.54, 1.807) is 4.90 Å². The molecule has 1 amide bonds. The zero-order chi connectivity index (χ0) is 21.5. The first-order chi connectivity index (χ1) is 14.5. The smallest absolute Gasteiger partial charge is 0.338 e. The zero-order valence-corrected chi connectivity index (χ0v) is 16.6. The number of nitro groups is 1. The Kier molecular flexibility index (Phi) is 6.97. The van der Waals surface area contributed by atoms with E-state index in [2.05, 4.69) is 5.32 Å². The minimum atomic E-state index is -0.791. The van der Waals surface area contributed by atoms with Crippen LogP contribution in [0.5, 0.6) is 0 Å². The van der Waals surface area contributed by atoms with E-state index in [9.17, 15) is 19.7 Å². The van der Waals surface area contributed by atoms with E-state index in [4.69, 9.17) is 9.47 Å². The summed E-state index contributed by atoms with van der Waals surface area (Å²) < 4.78 is 10.0. The van der Waals surface area contributed by atoms with Gasteiger partial charge in [0.2, 0.25) is 0 Å². The molecule has 0 atom stereocenters. The van der Waals surface area contributed by atoms with Crippen molar-refractivity contribution in [2.45, 2.75) is 12.8 Å². The number of hydrogen-bond donors (Lipinski definition) is 1. The van der Waals surface area contributed by atoms with Crippen molar-refractivity contribution in [1.82, 2.24) is 0 Å². The lowest BCUT2D eigenvalue weighted by Crippen LogP contribution is -2.38. The first-order valence-corrected chi connectivity index (χ1v) is 9.58. The molecular weight excluding hydrogens is 390 g/mol. The van der Waals surface area contributed by atoms with Gasteiger partial charge in [-0.05, 0) is 36.6 Å². The number of ether oxygens (including phenoxy) is 2. The van der Waals surface area contributed by atoms with E-state index >= 15 is 0 Å². The third kappa shape index (κ3) is 4.93. The highest BCUT2D eigenvalue weighted by Gasteiger charge is 2.24. The van der Waals surface area contributed by atoms with Gasteiger partial charge in [0.25, 0.3) is 11.6 Å². The van der Waals surface area contributed by atoms with Crippen LogP contribution in [-0.2, 0) is 20.7 Å². The largest absolute Gasteiger partial charge is 0.452 e. The van der Waals surface area contributed by atoms with Crippen LogP contribution in [-0.4, -0.2) is 50.2 Å². The van der Waals surface area contributed by atoms with Crippen molar-refractivity contribution < 1.29 is 24.0 Å². The van der Waals surface area contributed by atoms with Gasteiger partial charge >= 0.3 is 5.97 Å². The first kappa shape index (κ1) is 21.3. The predicted octanol–water partition coefficient (Wildman–Crippen LogP) is 2.79. The number of nitrogens with one attached hydrogen (secondary N) is 1. The van der Waals surface area contributed by atoms with Gasteiger partial charge in [-0.3, -0.25) is 14.9 Å². The SMILES string of the molecule is COCCNc1ccc(C(=O)OCC(=O)N2CCCc3ccccc32)cc1[N+](=O)[O-]. The van der Waals surface area contributed by atoms with E-state index in [0.29, 0.717) is 19.7 Å². The summed E-state index contributed by atoms with van der Waals surface area (Å²) in [5, 5.41) is 14.2. The Hall–Kier alpha value is -3.46. The number of para-hydroxylation sites is 1. The predicted molar refractivity (Wildman–Crippen MR) is 111 cm³/mol. The zero-order valence-electron chi connectivity index (χ0n) is 16.6. The van der Waals surface area contributed by atoms with E-state index in [-0.39, 0.29) is 22.8 Å². The van der Waals surface area contributed by atoms with Crippen LogP contribution >= 0.6 is 0 Å². The molecule has 2 aromatic carbocycles. The second kappa shape index (κ2) is 9.84. The molecule has 0 fully saturated rings. The number of fused-ring (bicyclic) bond motifs is 1. The van der Waals surface area contributed by atoms with E-state index < -0.39 is 17.5 Å². The molecule has 1 aliphatic heterocycles. The lowest BCUT2D eigenvalue weighted by molar-refractivity contribution is -0.384. The van der Waals surface area contributed by atoms with Crippen LogP contribution in [0.2, 0.25) is 0 Å². The molecule has 0 aliphatic carbocycles. The second-order valence-electron chi connectivity index (χ2n) is 6.76. The van der Waals surface area contributed by atoms with Crippen LogP contribution in [0.3, 0.4) is 0 Å². The third-order valence-electron chi connectivity index (χ3n) is 4.79. The van der Waals surface area contributed by atoms with Crippen molar-refractivity contribution >= 4 is 28.9 Å². The molecule has 0 saturated heterocycles. The maximum absolute atomic E-state index is 12.6. The molecule has 1 N–H and O–H groups in total. The van der Waals surface area contributed by atoms with Crippen molar-refractivity contribution in [2.75, 3.05) is 43.6 Å². The molecule has 0 aromatic heterocycles. The Morgan fingerprint density at radius 3 is 2.80 bits per heavy atom. The quantitative estimate of drug-likeness (QED) is 0.307. The molecule has 0 spiro atoms. The maximum atomic E-state index is 12.6. The van der Waals surface area contributed by atoms with Gasteiger partial charge in [-0.25, -0.2) is 4.79 Å². The number of methoxy groups -OCH3 is 1. The van der Waals surface area contributed by atoms with E-state index in [0.717, 1.165) is 30.2 Å². The van der Waals surface area contributed by atoms with Gasteiger partial charge in [0.05, 0.1) is 17.1 Å².